The van der Waals surface area contributed by atoms with E-state index in [-0.39, 0.29) is 0 Å². The van der Waals surface area contributed by atoms with Crippen molar-refractivity contribution in [3.8, 4) is 0 Å². The van der Waals surface area contributed by atoms with Crippen molar-refractivity contribution in [1.82, 2.24) is 14.7 Å². The van der Waals surface area contributed by atoms with Crippen molar-refractivity contribution in [1.29, 1.82) is 0 Å². The molecule has 11 heteroatoms. The molecule has 1 aromatic carbocycles. The largest absolute Gasteiger partial charge is 0.435 e. The van der Waals surface area contributed by atoms with E-state index in [4.69, 9.17) is 11.6 Å². The second kappa shape index (κ2) is 7.25. The fraction of sp³-hybridized carbons (Fsp3) is 0.222. The summed E-state index contributed by atoms with van der Waals surface area (Å²) in [6, 6.07) is 6.83. The number of nitrogens with zero attached hydrogens (tertiary/aromatic N) is 2. The second-order valence-electron chi connectivity index (χ2n) is 6.20. The fourth-order valence-corrected chi connectivity index (χ4v) is 2.85. The van der Waals surface area contributed by atoms with Crippen LogP contribution in [0, 0.1) is 0 Å². The number of carbonyl (C=O) groups is 1. The van der Waals surface area contributed by atoms with E-state index in [1.807, 2.05) is 0 Å². The third kappa shape index (κ3) is 4.31. The summed E-state index contributed by atoms with van der Waals surface area (Å²) in [5.41, 5.74) is -3.70. The Balaban J connectivity index is 2.07. The molecule has 1 atom stereocenters. The Morgan fingerprint density at radius 2 is 1.66 bits per heavy atom. The Morgan fingerprint density at radius 1 is 1.03 bits per heavy atom. The van der Waals surface area contributed by atoms with Gasteiger partial charge in [-0.3, -0.25) is 9.20 Å². The number of imidazole rings is 1. The highest BCUT2D eigenvalue weighted by Gasteiger charge is 2.41. The van der Waals surface area contributed by atoms with E-state index in [0.717, 1.165) is 6.07 Å². The van der Waals surface area contributed by atoms with E-state index in [1.54, 1.807) is 12.1 Å². The van der Waals surface area contributed by atoms with Crippen LogP contribution >= 0.6 is 11.6 Å². The quantitative estimate of drug-likeness (QED) is 0.551. The van der Waals surface area contributed by atoms with Crippen molar-refractivity contribution < 1.29 is 31.1 Å². The Morgan fingerprint density at radius 3 is 2.21 bits per heavy atom. The first-order valence-corrected chi connectivity index (χ1v) is 8.48. The third-order valence-corrected chi connectivity index (χ3v) is 4.40. The van der Waals surface area contributed by atoms with Crippen LogP contribution in [0.3, 0.4) is 0 Å². The van der Waals surface area contributed by atoms with Crippen LogP contribution in [0.1, 0.15) is 40.3 Å². The minimum Gasteiger partial charge on any atom is -0.344 e. The molecule has 0 aliphatic heterocycles. The van der Waals surface area contributed by atoms with Crippen LogP contribution in [0.2, 0.25) is 5.02 Å². The van der Waals surface area contributed by atoms with Crippen LogP contribution < -0.4 is 5.32 Å². The summed E-state index contributed by atoms with van der Waals surface area (Å²) in [5.74, 6) is -1.22. The van der Waals surface area contributed by atoms with Gasteiger partial charge in [0.2, 0.25) is 0 Å². The van der Waals surface area contributed by atoms with Gasteiger partial charge < -0.3 is 5.32 Å². The van der Waals surface area contributed by atoms with Gasteiger partial charge in [0.1, 0.15) is 11.3 Å². The van der Waals surface area contributed by atoms with Crippen molar-refractivity contribution in [2.75, 3.05) is 0 Å². The molecule has 1 unspecified atom stereocenters. The molecule has 3 rings (SSSR count). The lowest BCUT2D eigenvalue weighted by Gasteiger charge is -2.16. The highest BCUT2D eigenvalue weighted by atomic mass is 35.5. The van der Waals surface area contributed by atoms with Gasteiger partial charge in [0, 0.05) is 11.2 Å². The number of benzene rings is 1. The fourth-order valence-electron chi connectivity index (χ4n) is 2.73. The summed E-state index contributed by atoms with van der Waals surface area (Å²) in [7, 11) is 0. The van der Waals surface area contributed by atoms with Crippen LogP contribution in [0.4, 0.5) is 26.3 Å². The van der Waals surface area contributed by atoms with E-state index in [0.29, 0.717) is 27.2 Å². The molecule has 0 saturated heterocycles. The van der Waals surface area contributed by atoms with Crippen molar-refractivity contribution >= 4 is 23.2 Å². The molecule has 0 spiro atoms. The molecule has 0 aliphatic carbocycles. The van der Waals surface area contributed by atoms with E-state index in [9.17, 15) is 31.1 Å². The predicted octanol–water partition coefficient (Wildman–Crippen LogP) is 5.52. The van der Waals surface area contributed by atoms with Gasteiger partial charge in [-0.1, -0.05) is 23.7 Å². The number of nitrogens with one attached hydrogen (secondary N) is 1. The molecule has 4 nitrogen and oxygen atoms in total. The molecular formula is C18H12ClF6N3O. The number of hydrogen-bond acceptors (Lipinski definition) is 2. The standard InChI is InChI=1S/C18H12ClF6N3O/c1-9(10-2-5-12(19)6-3-10)26-16(29)14-15(18(23,24)25)27-13-7-4-11(8-28(13)14)17(20,21)22/h2-9H,1H3,(H,26,29). The predicted molar refractivity (Wildman–Crippen MR) is 92.5 cm³/mol. The number of pyridine rings is 1. The molecule has 2 heterocycles. The number of halogens is 7. The average molecular weight is 436 g/mol. The van der Waals surface area contributed by atoms with E-state index >= 15 is 0 Å². The zero-order chi connectivity index (χ0) is 21.6. The number of fused-ring (bicyclic) bond motifs is 1. The molecule has 0 saturated carbocycles. The molecule has 1 amide bonds. The lowest BCUT2D eigenvalue weighted by atomic mass is 10.1. The lowest BCUT2D eigenvalue weighted by molar-refractivity contribution is -0.141. The van der Waals surface area contributed by atoms with Gasteiger partial charge in [-0.15, -0.1) is 0 Å². The summed E-state index contributed by atoms with van der Waals surface area (Å²) in [5, 5.41) is 2.78. The minimum absolute atomic E-state index is 0.416. The molecule has 2 aromatic heterocycles. The van der Waals surface area contributed by atoms with Crippen molar-refractivity contribution in [2.45, 2.75) is 25.3 Å². The van der Waals surface area contributed by atoms with Gasteiger partial charge in [0.15, 0.2) is 5.69 Å². The molecule has 3 aromatic rings. The maximum absolute atomic E-state index is 13.4. The van der Waals surface area contributed by atoms with E-state index in [2.05, 4.69) is 10.3 Å². The lowest BCUT2D eigenvalue weighted by Crippen LogP contribution is -2.30. The SMILES string of the molecule is CC(NC(=O)c1c(C(F)(F)F)nc2ccc(C(F)(F)F)cn12)c1ccc(Cl)cc1. The van der Waals surface area contributed by atoms with Crippen LogP contribution in [-0.2, 0) is 12.4 Å². The number of aromatic nitrogens is 2. The van der Waals surface area contributed by atoms with Crippen molar-refractivity contribution in [3.63, 3.8) is 0 Å². The van der Waals surface area contributed by atoms with Crippen molar-refractivity contribution in [2.24, 2.45) is 0 Å². The van der Waals surface area contributed by atoms with Crippen LogP contribution in [-0.4, -0.2) is 15.3 Å². The maximum atomic E-state index is 13.4. The smallest absolute Gasteiger partial charge is 0.344 e. The third-order valence-electron chi connectivity index (χ3n) is 4.15. The highest BCUT2D eigenvalue weighted by molar-refractivity contribution is 6.30. The summed E-state index contributed by atoms with van der Waals surface area (Å²) in [6.45, 7) is 1.51. The Labute approximate surface area is 165 Å². The second-order valence-corrected chi connectivity index (χ2v) is 6.63. The van der Waals surface area contributed by atoms with Crippen LogP contribution in [0.5, 0.6) is 0 Å². The number of hydrogen-bond donors (Lipinski definition) is 1. The Hall–Kier alpha value is -2.75. The molecule has 0 aliphatic rings. The zero-order valence-electron chi connectivity index (χ0n) is 14.6. The summed E-state index contributed by atoms with van der Waals surface area (Å²) in [6.07, 6.45) is -9.43. The first-order valence-electron chi connectivity index (χ1n) is 8.11. The Bertz CT molecular complexity index is 1060. The van der Waals surface area contributed by atoms with Crippen LogP contribution in [0.25, 0.3) is 5.65 Å². The Kier molecular flexibility index (Phi) is 5.24. The average Bonchev–Trinajstić information content (AvgIpc) is 3.00. The number of rotatable bonds is 3. The maximum Gasteiger partial charge on any atom is 0.435 e. The van der Waals surface area contributed by atoms with Crippen LogP contribution in [0.15, 0.2) is 42.6 Å². The number of amides is 1. The van der Waals surface area contributed by atoms with Gasteiger partial charge in [0.25, 0.3) is 5.91 Å². The van der Waals surface area contributed by atoms with Gasteiger partial charge in [0.05, 0.1) is 11.6 Å². The summed E-state index contributed by atoms with van der Waals surface area (Å²) >= 11 is 5.78. The topological polar surface area (TPSA) is 46.4 Å². The molecule has 0 bridgehead atoms. The molecule has 0 fully saturated rings. The molecular weight excluding hydrogens is 424 g/mol. The van der Waals surface area contributed by atoms with E-state index in [1.165, 1.54) is 19.1 Å². The highest BCUT2D eigenvalue weighted by Crippen LogP contribution is 2.34. The van der Waals surface area contributed by atoms with Gasteiger partial charge in [-0.05, 0) is 36.8 Å². The molecule has 154 valence electrons. The summed E-state index contributed by atoms with van der Waals surface area (Å²) < 4.78 is 79.6. The van der Waals surface area contributed by atoms with E-state index < -0.39 is 46.9 Å². The van der Waals surface area contributed by atoms with Crippen molar-refractivity contribution in [3.05, 3.63) is 70.1 Å². The summed E-state index contributed by atoms with van der Waals surface area (Å²) in [4.78, 5) is 15.9. The number of alkyl halides is 6. The first-order chi connectivity index (χ1) is 13.4. The molecule has 0 radical (unpaired) electrons. The first kappa shape index (κ1) is 21.0. The van der Waals surface area contributed by atoms with Gasteiger partial charge >= 0.3 is 12.4 Å². The van der Waals surface area contributed by atoms with Gasteiger partial charge in [-0.2, -0.15) is 26.3 Å². The normalized spacial score (nSPS) is 13.5. The minimum atomic E-state index is -5.04. The number of carbonyl (C=O) groups excluding carboxylic acids is 1. The molecule has 29 heavy (non-hydrogen) atoms. The molecule has 1 N–H and O–H groups in total. The zero-order valence-corrected chi connectivity index (χ0v) is 15.3. The van der Waals surface area contributed by atoms with Gasteiger partial charge in [-0.25, -0.2) is 4.98 Å². The monoisotopic (exact) mass is 435 g/mol.